The van der Waals surface area contributed by atoms with Crippen molar-refractivity contribution >= 4 is 70.6 Å². The minimum Gasteiger partial charge on any atom is -0.380 e. The van der Waals surface area contributed by atoms with Gasteiger partial charge in [-0.3, -0.25) is 0 Å². The van der Waals surface area contributed by atoms with Gasteiger partial charge >= 0.3 is 0 Å². The van der Waals surface area contributed by atoms with Crippen LogP contribution < -0.4 is 0 Å². The van der Waals surface area contributed by atoms with Crippen LogP contribution in [0.5, 0.6) is 0 Å². The first kappa shape index (κ1) is 28.9. The average molecular weight is 589 g/mol. The highest BCUT2D eigenvalue weighted by Crippen LogP contribution is 2.34. The zero-order valence-electron chi connectivity index (χ0n) is 20.0. The Bertz CT molecular complexity index is 486. The standard InChI is InChI=1S/C23H40O5S6/c1(24-7-19-11-31-19)2-27-15-23(16-28-10-22-14-34-22,17-29-5-3-25-8-20-12-32-20)18-30-6-4-26-9-21-13-33-21/h19-22H,1-18H2. The molecule has 0 radical (unpaired) electrons. The first-order chi connectivity index (χ1) is 16.8. The zero-order chi connectivity index (χ0) is 23.3. The maximum atomic E-state index is 6.25. The second-order valence-electron chi connectivity index (χ2n) is 9.22. The number of ether oxygens (including phenoxy) is 5. The van der Waals surface area contributed by atoms with E-state index in [2.05, 4.69) is 0 Å². The van der Waals surface area contributed by atoms with Gasteiger partial charge in [0.1, 0.15) is 0 Å². The molecule has 0 amide bonds. The van der Waals surface area contributed by atoms with Crippen molar-refractivity contribution in [3.63, 3.8) is 0 Å². The van der Waals surface area contributed by atoms with Gasteiger partial charge in [0.25, 0.3) is 0 Å². The molecule has 0 spiro atoms. The summed E-state index contributed by atoms with van der Waals surface area (Å²) in [7, 11) is 0. The van der Waals surface area contributed by atoms with Gasteiger partial charge in [-0.05, 0) is 0 Å². The lowest BCUT2D eigenvalue weighted by molar-refractivity contribution is -0.0152. The van der Waals surface area contributed by atoms with Gasteiger partial charge in [-0.2, -0.15) is 70.6 Å². The Morgan fingerprint density at radius 1 is 0.529 bits per heavy atom. The fraction of sp³-hybridized carbons (Fsp3) is 1.00. The summed E-state index contributed by atoms with van der Waals surface area (Å²) in [4.78, 5) is 0. The van der Waals surface area contributed by atoms with E-state index in [1.807, 2.05) is 70.6 Å². The molecule has 4 atom stereocenters. The summed E-state index contributed by atoms with van der Waals surface area (Å²) >= 11 is 12.0. The highest BCUT2D eigenvalue weighted by atomic mass is 32.2. The lowest BCUT2D eigenvalue weighted by atomic mass is 9.95. The minimum atomic E-state index is 0.0138. The third kappa shape index (κ3) is 14.2. The highest BCUT2D eigenvalue weighted by molar-refractivity contribution is 8.07. The normalized spacial score (nSPS) is 28.6. The molecule has 0 saturated carbocycles. The Labute approximate surface area is 231 Å². The number of thioether (sulfide) groups is 6. The minimum absolute atomic E-state index is 0.0138. The Morgan fingerprint density at radius 2 is 0.912 bits per heavy atom. The van der Waals surface area contributed by atoms with Crippen LogP contribution in [0.15, 0.2) is 0 Å². The Kier molecular flexibility index (Phi) is 14.3. The second-order valence-corrected chi connectivity index (χ2v) is 16.8. The van der Waals surface area contributed by atoms with Crippen molar-refractivity contribution in [1.29, 1.82) is 0 Å². The van der Waals surface area contributed by atoms with Crippen molar-refractivity contribution in [1.82, 2.24) is 0 Å². The molecule has 4 unspecified atom stereocenters. The zero-order valence-corrected chi connectivity index (χ0v) is 24.9. The molecule has 0 N–H and O–H groups in total. The summed E-state index contributed by atoms with van der Waals surface area (Å²) in [6.45, 7) is 8.09. The van der Waals surface area contributed by atoms with Crippen LogP contribution in [0, 0.1) is 5.41 Å². The van der Waals surface area contributed by atoms with E-state index >= 15 is 0 Å². The van der Waals surface area contributed by atoms with E-state index in [0.717, 1.165) is 91.6 Å². The van der Waals surface area contributed by atoms with Crippen LogP contribution in [0.1, 0.15) is 0 Å². The van der Waals surface area contributed by atoms with E-state index in [0.29, 0.717) is 18.5 Å². The summed E-state index contributed by atoms with van der Waals surface area (Å²) < 4.78 is 29.9. The van der Waals surface area contributed by atoms with Crippen molar-refractivity contribution in [3.8, 4) is 0 Å². The SMILES string of the molecule is C(COCC(COCC1CS1)(CSCCOCC1CS1)CSCCOCC1CS1)OCC1CS1. The molecule has 0 bridgehead atoms. The lowest BCUT2D eigenvalue weighted by Crippen LogP contribution is -2.39. The van der Waals surface area contributed by atoms with Crippen molar-refractivity contribution < 1.29 is 23.7 Å². The average Bonchev–Trinajstić information content (AvgIpc) is 3.66. The van der Waals surface area contributed by atoms with Crippen LogP contribution in [-0.4, -0.2) is 133 Å². The molecule has 0 aromatic heterocycles. The molecule has 4 rings (SSSR count). The summed E-state index contributed by atoms with van der Waals surface area (Å²) in [5.41, 5.74) is 0.0138. The van der Waals surface area contributed by atoms with Crippen LogP contribution in [-0.2, 0) is 23.7 Å². The van der Waals surface area contributed by atoms with Crippen molar-refractivity contribution in [2.75, 3.05) is 112 Å². The molecule has 0 aromatic carbocycles. The molecule has 5 nitrogen and oxygen atoms in total. The second kappa shape index (κ2) is 16.8. The smallest absolute Gasteiger partial charge is 0.0701 e. The van der Waals surface area contributed by atoms with E-state index in [9.17, 15) is 0 Å². The van der Waals surface area contributed by atoms with Gasteiger partial charge in [-0.15, -0.1) is 0 Å². The fourth-order valence-corrected chi connectivity index (χ4v) is 7.17. The van der Waals surface area contributed by atoms with Gasteiger partial charge < -0.3 is 23.7 Å². The van der Waals surface area contributed by atoms with Crippen LogP contribution in [0.3, 0.4) is 0 Å². The van der Waals surface area contributed by atoms with Gasteiger partial charge in [-0.1, -0.05) is 0 Å². The summed E-state index contributed by atoms with van der Waals surface area (Å²) in [5, 5.41) is 2.94. The molecule has 11 heteroatoms. The molecule has 4 aliphatic heterocycles. The third-order valence-electron chi connectivity index (χ3n) is 5.57. The van der Waals surface area contributed by atoms with E-state index in [-0.39, 0.29) is 5.41 Å². The first-order valence-corrected chi connectivity index (χ1v) is 18.8. The van der Waals surface area contributed by atoms with Crippen LogP contribution in [0.2, 0.25) is 0 Å². The van der Waals surface area contributed by atoms with Crippen molar-refractivity contribution in [2.24, 2.45) is 5.41 Å². The van der Waals surface area contributed by atoms with Crippen LogP contribution >= 0.6 is 70.6 Å². The maximum Gasteiger partial charge on any atom is 0.0701 e. The predicted octanol–water partition coefficient (Wildman–Crippen LogP) is 3.98. The van der Waals surface area contributed by atoms with Crippen LogP contribution in [0.4, 0.5) is 0 Å². The van der Waals surface area contributed by atoms with E-state index in [4.69, 9.17) is 23.7 Å². The molecule has 198 valence electrons. The van der Waals surface area contributed by atoms with Crippen LogP contribution in [0.25, 0.3) is 0 Å². The Morgan fingerprint density at radius 3 is 1.38 bits per heavy atom. The monoisotopic (exact) mass is 588 g/mol. The van der Waals surface area contributed by atoms with E-state index in [1.165, 1.54) is 23.0 Å². The van der Waals surface area contributed by atoms with E-state index < -0.39 is 0 Å². The van der Waals surface area contributed by atoms with Gasteiger partial charge in [0.2, 0.25) is 0 Å². The van der Waals surface area contributed by atoms with Crippen molar-refractivity contribution in [2.45, 2.75) is 21.0 Å². The van der Waals surface area contributed by atoms with E-state index in [1.54, 1.807) is 0 Å². The highest BCUT2D eigenvalue weighted by Gasteiger charge is 2.33. The van der Waals surface area contributed by atoms with Gasteiger partial charge in [0.15, 0.2) is 0 Å². The number of rotatable bonds is 25. The van der Waals surface area contributed by atoms with Gasteiger partial charge in [0.05, 0.1) is 66.1 Å². The Hall–Kier alpha value is 1.90. The number of hydrogen-bond acceptors (Lipinski definition) is 11. The molecule has 0 aliphatic carbocycles. The maximum absolute atomic E-state index is 6.25. The number of hydrogen-bond donors (Lipinski definition) is 0. The first-order valence-electron chi connectivity index (χ1n) is 12.3. The molecular formula is C23H40O5S6. The molecular weight excluding hydrogens is 549 g/mol. The Balaban J connectivity index is 1.17. The van der Waals surface area contributed by atoms with Gasteiger partial charge in [0, 0.05) is 72.4 Å². The predicted molar refractivity (Wildman–Crippen MR) is 156 cm³/mol. The molecule has 4 aliphatic rings. The quantitative estimate of drug-likeness (QED) is 0.115. The largest absolute Gasteiger partial charge is 0.380 e. The third-order valence-corrected chi connectivity index (χ3v) is 11.9. The molecule has 4 saturated heterocycles. The van der Waals surface area contributed by atoms with Crippen molar-refractivity contribution in [3.05, 3.63) is 0 Å². The van der Waals surface area contributed by atoms with Gasteiger partial charge in [-0.25, -0.2) is 0 Å². The summed E-state index contributed by atoms with van der Waals surface area (Å²) in [5.74, 6) is 9.19. The molecule has 34 heavy (non-hydrogen) atoms. The topological polar surface area (TPSA) is 46.2 Å². The fourth-order valence-electron chi connectivity index (χ4n) is 3.18. The lowest BCUT2D eigenvalue weighted by Gasteiger charge is -2.33. The molecule has 0 aromatic rings. The molecule has 4 heterocycles. The molecule has 4 fully saturated rings. The summed E-state index contributed by atoms with van der Waals surface area (Å²) in [6, 6.07) is 0. The summed E-state index contributed by atoms with van der Waals surface area (Å²) in [6.07, 6.45) is 0.